The second-order valence-electron chi connectivity index (χ2n) is 9.46. The summed E-state index contributed by atoms with van der Waals surface area (Å²) in [6.07, 6.45) is 4.57. The van der Waals surface area contributed by atoms with Gasteiger partial charge in [0, 0.05) is 24.2 Å². The van der Waals surface area contributed by atoms with Crippen molar-refractivity contribution in [3.05, 3.63) is 113 Å². The zero-order valence-corrected chi connectivity index (χ0v) is 23.2. The molecule has 40 heavy (non-hydrogen) atoms. The van der Waals surface area contributed by atoms with Crippen molar-refractivity contribution < 1.29 is 23.1 Å². The smallest absolute Gasteiger partial charge is 0.337 e. The quantitative estimate of drug-likeness (QED) is 0.222. The van der Waals surface area contributed by atoms with Crippen LogP contribution in [0, 0.1) is 6.92 Å². The number of aromatic nitrogens is 2. The van der Waals surface area contributed by atoms with Gasteiger partial charge >= 0.3 is 5.97 Å². The van der Waals surface area contributed by atoms with E-state index in [4.69, 9.17) is 0 Å². The molecule has 9 nitrogen and oxygen atoms in total. The Hall–Kier alpha value is -4.44. The van der Waals surface area contributed by atoms with Gasteiger partial charge < -0.3 is 15.0 Å². The van der Waals surface area contributed by atoms with Gasteiger partial charge in [-0.25, -0.2) is 22.9 Å². The summed E-state index contributed by atoms with van der Waals surface area (Å²) in [6.45, 7) is 4.65. The van der Waals surface area contributed by atoms with Crippen molar-refractivity contribution in [2.24, 2.45) is 0 Å². The molecule has 3 aromatic carbocycles. The Morgan fingerprint density at radius 3 is 2.38 bits per heavy atom. The van der Waals surface area contributed by atoms with Crippen LogP contribution in [-0.4, -0.2) is 35.0 Å². The second-order valence-corrected chi connectivity index (χ2v) is 11.1. The molecule has 208 valence electrons. The minimum Gasteiger partial charge on any atom is -0.478 e. The number of amides is 1. The lowest BCUT2D eigenvalue weighted by atomic mass is 10.1. The van der Waals surface area contributed by atoms with E-state index >= 15 is 0 Å². The van der Waals surface area contributed by atoms with Crippen molar-refractivity contribution in [3.63, 3.8) is 0 Å². The molecule has 1 amide bonds. The Morgan fingerprint density at radius 2 is 1.68 bits per heavy atom. The Morgan fingerprint density at radius 1 is 0.975 bits per heavy atom. The van der Waals surface area contributed by atoms with Crippen LogP contribution in [0.15, 0.2) is 83.9 Å². The number of unbranched alkanes of at least 4 members (excludes halogenated alkanes) is 1. The van der Waals surface area contributed by atoms with Crippen molar-refractivity contribution in [2.75, 3.05) is 5.32 Å². The molecule has 0 radical (unpaired) electrons. The summed E-state index contributed by atoms with van der Waals surface area (Å²) in [5.74, 6) is -0.796. The van der Waals surface area contributed by atoms with Gasteiger partial charge in [0.05, 0.1) is 28.9 Å². The molecule has 3 N–H and O–H groups in total. The lowest BCUT2D eigenvalue weighted by Crippen LogP contribution is -2.31. The van der Waals surface area contributed by atoms with E-state index in [1.165, 1.54) is 6.07 Å². The van der Waals surface area contributed by atoms with Crippen LogP contribution in [-0.2, 0) is 29.5 Å². The molecule has 1 heterocycles. The van der Waals surface area contributed by atoms with E-state index in [0.717, 1.165) is 36.3 Å². The van der Waals surface area contributed by atoms with Crippen LogP contribution in [0.2, 0.25) is 0 Å². The van der Waals surface area contributed by atoms with E-state index in [1.807, 2.05) is 0 Å². The van der Waals surface area contributed by atoms with Gasteiger partial charge in [-0.15, -0.1) is 0 Å². The fourth-order valence-corrected chi connectivity index (χ4v) is 5.59. The molecular formula is C30H32N4O5S. The van der Waals surface area contributed by atoms with Crippen LogP contribution in [0.3, 0.4) is 0 Å². The van der Waals surface area contributed by atoms with Crippen molar-refractivity contribution in [3.8, 4) is 0 Å². The Kier molecular flexibility index (Phi) is 9.00. The molecule has 4 rings (SSSR count). The Balaban J connectivity index is 1.51. The van der Waals surface area contributed by atoms with Gasteiger partial charge in [-0.3, -0.25) is 4.79 Å². The number of nitrogens with one attached hydrogen (secondary N) is 2. The lowest BCUT2D eigenvalue weighted by Gasteiger charge is -2.15. The molecular weight excluding hydrogens is 528 g/mol. The second kappa shape index (κ2) is 12.6. The van der Waals surface area contributed by atoms with Crippen LogP contribution in [0.5, 0.6) is 0 Å². The summed E-state index contributed by atoms with van der Waals surface area (Å²) in [5.41, 5.74) is 3.28. The number of carboxylic acids is 1. The molecule has 4 aromatic rings. The molecule has 0 aliphatic carbocycles. The van der Waals surface area contributed by atoms with Gasteiger partial charge in [-0.05, 0) is 54.8 Å². The lowest BCUT2D eigenvalue weighted by molar-refractivity contribution is 0.0697. The van der Waals surface area contributed by atoms with Gasteiger partial charge in [0.15, 0.2) is 0 Å². The third kappa shape index (κ3) is 6.76. The Labute approximate surface area is 234 Å². The van der Waals surface area contributed by atoms with Crippen LogP contribution in [0.1, 0.15) is 63.1 Å². The normalized spacial score (nSPS) is 11.2. The van der Waals surface area contributed by atoms with Crippen LogP contribution in [0.4, 0.5) is 5.69 Å². The molecule has 10 heteroatoms. The summed E-state index contributed by atoms with van der Waals surface area (Å²) in [5, 5.41) is 12.7. The number of nitrogens with zero attached hydrogens (tertiary/aromatic N) is 2. The minimum absolute atomic E-state index is 0.0619. The number of imidazole rings is 1. The number of rotatable bonds is 12. The number of aryl methyl sites for hydroxylation is 2. The van der Waals surface area contributed by atoms with Crippen LogP contribution < -0.4 is 10.0 Å². The van der Waals surface area contributed by atoms with Crippen molar-refractivity contribution >= 4 is 27.6 Å². The molecule has 0 spiro atoms. The fourth-order valence-electron chi connectivity index (χ4n) is 4.37. The average Bonchev–Trinajstić information content (AvgIpc) is 3.31. The summed E-state index contributed by atoms with van der Waals surface area (Å²) in [6, 6.07) is 20.0. The average molecular weight is 561 g/mol. The predicted molar refractivity (Wildman–Crippen MR) is 153 cm³/mol. The standard InChI is InChI=1S/C30H32N4O5S/c1-3-4-13-28-32-19-24(18-31-26-11-7-6-10-25(26)30(36)37)34(28)20-22-14-16-23(17-15-22)29(35)33-40(38,39)27-12-8-5-9-21(27)2/h5-12,14-17,19,31H,3-4,13,18,20H2,1-2H3,(H,33,35)(H,36,37). The summed E-state index contributed by atoms with van der Waals surface area (Å²) < 4.78 is 29.7. The predicted octanol–water partition coefficient (Wildman–Crippen LogP) is 5.01. The highest BCUT2D eigenvalue weighted by atomic mass is 32.2. The maximum atomic E-state index is 12.7. The zero-order chi connectivity index (χ0) is 28.7. The van der Waals surface area contributed by atoms with E-state index < -0.39 is 21.9 Å². The monoisotopic (exact) mass is 560 g/mol. The zero-order valence-electron chi connectivity index (χ0n) is 22.4. The molecule has 0 aliphatic rings. The number of carbonyl (C=O) groups excluding carboxylic acids is 1. The first-order chi connectivity index (χ1) is 19.2. The SMILES string of the molecule is CCCCc1ncc(CNc2ccccc2C(=O)O)n1Cc1ccc(C(=O)NS(=O)(=O)c2ccccc2C)cc1. The summed E-state index contributed by atoms with van der Waals surface area (Å²) >= 11 is 0. The first-order valence-corrected chi connectivity index (χ1v) is 14.5. The van der Waals surface area contributed by atoms with E-state index in [2.05, 4.69) is 26.5 Å². The molecule has 0 atom stereocenters. The molecule has 0 saturated carbocycles. The van der Waals surface area contributed by atoms with Gasteiger partial charge in [-0.1, -0.05) is 55.8 Å². The number of carbonyl (C=O) groups is 2. The number of aromatic carboxylic acids is 1. The highest BCUT2D eigenvalue weighted by Gasteiger charge is 2.20. The van der Waals surface area contributed by atoms with E-state index in [9.17, 15) is 23.1 Å². The van der Waals surface area contributed by atoms with Crippen molar-refractivity contribution in [1.82, 2.24) is 14.3 Å². The van der Waals surface area contributed by atoms with E-state index in [-0.39, 0.29) is 16.0 Å². The molecule has 0 fully saturated rings. The van der Waals surface area contributed by atoms with Gasteiger partial charge in [0.1, 0.15) is 5.82 Å². The maximum absolute atomic E-state index is 12.7. The van der Waals surface area contributed by atoms with Crippen molar-refractivity contribution in [1.29, 1.82) is 0 Å². The number of carboxylic acid groups (broad SMARTS) is 1. The molecule has 1 aromatic heterocycles. The topological polar surface area (TPSA) is 130 Å². The number of para-hydroxylation sites is 1. The highest BCUT2D eigenvalue weighted by molar-refractivity contribution is 7.90. The fraction of sp³-hybridized carbons (Fsp3) is 0.233. The molecule has 0 bridgehead atoms. The van der Waals surface area contributed by atoms with E-state index in [0.29, 0.717) is 24.3 Å². The number of benzene rings is 3. The van der Waals surface area contributed by atoms with Crippen LogP contribution >= 0.6 is 0 Å². The van der Waals surface area contributed by atoms with Crippen LogP contribution in [0.25, 0.3) is 0 Å². The van der Waals surface area contributed by atoms with E-state index in [1.54, 1.807) is 79.9 Å². The van der Waals surface area contributed by atoms with Gasteiger partial charge in [0.25, 0.3) is 15.9 Å². The maximum Gasteiger partial charge on any atom is 0.337 e. The summed E-state index contributed by atoms with van der Waals surface area (Å²) in [4.78, 5) is 29.0. The van der Waals surface area contributed by atoms with Crippen molar-refractivity contribution in [2.45, 2.75) is 51.1 Å². The largest absolute Gasteiger partial charge is 0.478 e. The first-order valence-electron chi connectivity index (χ1n) is 13.0. The molecule has 0 saturated heterocycles. The molecule has 0 unspecified atom stereocenters. The third-order valence-corrected chi connectivity index (χ3v) is 8.05. The highest BCUT2D eigenvalue weighted by Crippen LogP contribution is 2.19. The number of sulfonamides is 1. The number of hydrogen-bond donors (Lipinski definition) is 3. The summed E-state index contributed by atoms with van der Waals surface area (Å²) in [7, 11) is -4.00. The molecule has 0 aliphatic heterocycles. The number of anilines is 1. The number of hydrogen-bond acceptors (Lipinski definition) is 6. The Bertz CT molecular complexity index is 1610. The van der Waals surface area contributed by atoms with Gasteiger partial charge in [0.2, 0.25) is 0 Å². The van der Waals surface area contributed by atoms with Gasteiger partial charge in [-0.2, -0.15) is 0 Å². The minimum atomic E-state index is -4.00. The third-order valence-electron chi connectivity index (χ3n) is 6.56. The first kappa shape index (κ1) is 28.6.